The van der Waals surface area contributed by atoms with Gasteiger partial charge in [0.1, 0.15) is 0 Å². The summed E-state index contributed by atoms with van der Waals surface area (Å²) in [6, 6.07) is 0.881. The molecule has 0 aromatic carbocycles. The molecule has 4 atom stereocenters. The van der Waals surface area contributed by atoms with Crippen LogP contribution < -0.4 is 5.32 Å². The lowest BCUT2D eigenvalue weighted by Crippen LogP contribution is -2.49. The number of piperidine rings is 1. The van der Waals surface area contributed by atoms with Crippen molar-refractivity contribution in [3.8, 4) is 0 Å². The van der Waals surface area contributed by atoms with Crippen LogP contribution in [0.15, 0.2) is 0 Å². The zero-order valence-corrected chi connectivity index (χ0v) is 6.53. The van der Waals surface area contributed by atoms with Gasteiger partial charge in [-0.3, -0.25) is 0 Å². The maximum Gasteiger partial charge on any atom is 0.0620 e. The molecule has 0 aromatic heterocycles. The van der Waals surface area contributed by atoms with Crippen molar-refractivity contribution in [2.24, 2.45) is 5.92 Å². The van der Waals surface area contributed by atoms with Crippen LogP contribution in [-0.4, -0.2) is 35.0 Å². The Morgan fingerprint density at radius 2 is 2.18 bits per heavy atom. The van der Waals surface area contributed by atoms with Gasteiger partial charge in [0, 0.05) is 24.6 Å². The van der Waals surface area contributed by atoms with Crippen molar-refractivity contribution >= 4 is 0 Å². The average Bonchev–Trinajstić information content (AvgIpc) is 2.34. The third kappa shape index (κ3) is 1.17. The van der Waals surface area contributed by atoms with Gasteiger partial charge in [-0.1, -0.05) is 0 Å². The molecule has 0 spiro atoms. The monoisotopic (exact) mass is 157 g/mol. The van der Waals surface area contributed by atoms with Crippen LogP contribution in [0.25, 0.3) is 0 Å². The van der Waals surface area contributed by atoms with E-state index in [0.29, 0.717) is 12.1 Å². The van der Waals surface area contributed by atoms with Crippen molar-refractivity contribution in [3.63, 3.8) is 0 Å². The molecule has 2 heterocycles. The van der Waals surface area contributed by atoms with Crippen LogP contribution in [0, 0.1) is 5.92 Å². The lowest BCUT2D eigenvalue weighted by atomic mass is 9.90. The van der Waals surface area contributed by atoms with E-state index in [2.05, 4.69) is 5.32 Å². The maximum atomic E-state index is 9.55. The Hall–Kier alpha value is -0.120. The van der Waals surface area contributed by atoms with Crippen LogP contribution in [0.4, 0.5) is 0 Å². The minimum absolute atomic E-state index is 0.0775. The lowest BCUT2D eigenvalue weighted by molar-refractivity contribution is 0.0204. The quantitative estimate of drug-likeness (QED) is 0.480. The van der Waals surface area contributed by atoms with Crippen molar-refractivity contribution in [3.05, 3.63) is 0 Å². The molecule has 0 aliphatic carbocycles. The van der Waals surface area contributed by atoms with Gasteiger partial charge in [0.2, 0.25) is 0 Å². The fraction of sp³-hybridized carbons (Fsp3) is 1.00. The van der Waals surface area contributed by atoms with Crippen LogP contribution in [0.3, 0.4) is 0 Å². The van der Waals surface area contributed by atoms with Crippen LogP contribution in [0.5, 0.6) is 0 Å². The molecule has 3 nitrogen and oxygen atoms in total. The molecule has 64 valence electrons. The zero-order chi connectivity index (χ0) is 7.84. The molecule has 3 heteroatoms. The topological polar surface area (TPSA) is 52.5 Å². The SMILES string of the molecule is OCC1C(O)CC2CCC1N2. The first-order valence-corrected chi connectivity index (χ1v) is 4.36. The molecule has 0 radical (unpaired) electrons. The van der Waals surface area contributed by atoms with Gasteiger partial charge in [0.15, 0.2) is 0 Å². The minimum atomic E-state index is -0.279. The van der Waals surface area contributed by atoms with E-state index >= 15 is 0 Å². The molecule has 2 saturated heterocycles. The van der Waals surface area contributed by atoms with E-state index in [4.69, 9.17) is 5.11 Å². The van der Waals surface area contributed by atoms with Crippen molar-refractivity contribution < 1.29 is 10.2 Å². The first-order chi connectivity index (χ1) is 5.31. The van der Waals surface area contributed by atoms with Crippen molar-refractivity contribution in [2.75, 3.05) is 6.61 Å². The maximum absolute atomic E-state index is 9.55. The van der Waals surface area contributed by atoms with E-state index in [1.807, 2.05) is 0 Å². The number of nitrogens with one attached hydrogen (secondary N) is 1. The molecule has 2 bridgehead atoms. The van der Waals surface area contributed by atoms with Gasteiger partial charge in [-0.2, -0.15) is 0 Å². The molecule has 3 N–H and O–H groups in total. The van der Waals surface area contributed by atoms with E-state index in [1.165, 1.54) is 0 Å². The third-order valence-corrected chi connectivity index (χ3v) is 3.02. The summed E-state index contributed by atoms with van der Waals surface area (Å²) in [5, 5.41) is 21.9. The molecule has 11 heavy (non-hydrogen) atoms. The molecule has 2 aliphatic rings. The molecule has 0 saturated carbocycles. The van der Waals surface area contributed by atoms with E-state index in [1.54, 1.807) is 0 Å². The zero-order valence-electron chi connectivity index (χ0n) is 6.53. The second-order valence-corrected chi connectivity index (χ2v) is 3.70. The summed E-state index contributed by atoms with van der Waals surface area (Å²) in [6.07, 6.45) is 2.83. The fourth-order valence-electron chi connectivity index (χ4n) is 2.36. The summed E-state index contributed by atoms with van der Waals surface area (Å²) in [5.41, 5.74) is 0. The smallest absolute Gasteiger partial charge is 0.0620 e. The van der Waals surface area contributed by atoms with Crippen molar-refractivity contribution in [2.45, 2.75) is 37.5 Å². The van der Waals surface area contributed by atoms with Gasteiger partial charge in [-0.05, 0) is 19.3 Å². The molecule has 4 unspecified atom stereocenters. The molecule has 2 rings (SSSR count). The first-order valence-electron chi connectivity index (χ1n) is 4.36. The highest BCUT2D eigenvalue weighted by Gasteiger charge is 2.40. The van der Waals surface area contributed by atoms with Crippen LogP contribution in [0.2, 0.25) is 0 Å². The van der Waals surface area contributed by atoms with Crippen molar-refractivity contribution in [1.29, 1.82) is 0 Å². The van der Waals surface area contributed by atoms with Crippen LogP contribution in [0.1, 0.15) is 19.3 Å². The van der Waals surface area contributed by atoms with E-state index in [0.717, 1.165) is 19.3 Å². The van der Waals surface area contributed by atoms with Crippen LogP contribution >= 0.6 is 0 Å². The summed E-state index contributed by atoms with van der Waals surface area (Å²) < 4.78 is 0. The van der Waals surface area contributed by atoms with Crippen LogP contribution in [-0.2, 0) is 0 Å². The van der Waals surface area contributed by atoms with Gasteiger partial charge in [-0.25, -0.2) is 0 Å². The standard InChI is InChI=1S/C8H15NO2/c10-4-6-7-2-1-5(9-7)3-8(6)11/h5-11H,1-4H2. The second kappa shape index (κ2) is 2.73. The van der Waals surface area contributed by atoms with Gasteiger partial charge >= 0.3 is 0 Å². The Kier molecular flexibility index (Phi) is 1.87. The third-order valence-electron chi connectivity index (χ3n) is 3.02. The highest BCUT2D eigenvalue weighted by atomic mass is 16.3. The Morgan fingerprint density at radius 1 is 1.36 bits per heavy atom. The Labute approximate surface area is 66.4 Å². The number of rotatable bonds is 1. The molecule has 2 aliphatic heterocycles. The predicted octanol–water partition coefficient (Wildman–Crippen LogP) is -0.520. The summed E-state index contributed by atoms with van der Waals surface area (Å²) in [6.45, 7) is 0.117. The molecular formula is C8H15NO2. The number of aliphatic hydroxyl groups excluding tert-OH is 2. The fourth-order valence-corrected chi connectivity index (χ4v) is 2.36. The number of fused-ring (bicyclic) bond motifs is 2. The molecular weight excluding hydrogens is 142 g/mol. The largest absolute Gasteiger partial charge is 0.396 e. The van der Waals surface area contributed by atoms with Gasteiger partial charge < -0.3 is 15.5 Å². The van der Waals surface area contributed by atoms with E-state index in [9.17, 15) is 5.11 Å². The number of hydrogen-bond donors (Lipinski definition) is 3. The highest BCUT2D eigenvalue weighted by Crippen LogP contribution is 2.30. The summed E-state index contributed by atoms with van der Waals surface area (Å²) in [7, 11) is 0. The second-order valence-electron chi connectivity index (χ2n) is 3.70. The van der Waals surface area contributed by atoms with Gasteiger partial charge in [-0.15, -0.1) is 0 Å². The minimum Gasteiger partial charge on any atom is -0.396 e. The van der Waals surface area contributed by atoms with Gasteiger partial charge in [0.05, 0.1) is 6.10 Å². The summed E-state index contributed by atoms with van der Waals surface area (Å²) >= 11 is 0. The Bertz CT molecular complexity index is 151. The molecule has 0 aromatic rings. The molecule has 0 amide bonds. The summed E-state index contributed by atoms with van der Waals surface area (Å²) in [5.74, 6) is 0.0775. The number of aliphatic hydroxyl groups is 2. The Morgan fingerprint density at radius 3 is 2.91 bits per heavy atom. The summed E-state index contributed by atoms with van der Waals surface area (Å²) in [4.78, 5) is 0. The van der Waals surface area contributed by atoms with E-state index in [-0.39, 0.29) is 18.6 Å². The normalized spacial score (nSPS) is 49.6. The predicted molar refractivity (Wildman–Crippen MR) is 41.1 cm³/mol. The highest BCUT2D eigenvalue weighted by molar-refractivity contribution is 4.97. The number of hydrogen-bond acceptors (Lipinski definition) is 3. The average molecular weight is 157 g/mol. The van der Waals surface area contributed by atoms with Crippen molar-refractivity contribution in [1.82, 2.24) is 5.32 Å². The Balaban J connectivity index is 2.07. The lowest BCUT2D eigenvalue weighted by Gasteiger charge is -2.33. The van der Waals surface area contributed by atoms with Gasteiger partial charge in [0.25, 0.3) is 0 Å². The first kappa shape index (κ1) is 7.53. The molecule has 2 fully saturated rings. The van der Waals surface area contributed by atoms with E-state index < -0.39 is 0 Å².